The number of hydrogen-bond donors (Lipinski definition) is 2. The molecule has 6 unspecified atom stereocenters. The molecule has 0 spiro atoms. The molecule has 6 atom stereocenters. The van der Waals surface area contributed by atoms with Gasteiger partial charge in [-0.15, -0.1) is 0 Å². The fourth-order valence-electron chi connectivity index (χ4n) is 6.51. The lowest BCUT2D eigenvalue weighted by atomic mass is 9.92. The molecule has 20 heteroatoms. The Hall–Kier alpha value is -3.50. The quantitative estimate of drug-likeness (QED) is 0.0451. The third-order valence-electron chi connectivity index (χ3n) is 12.2. The van der Waals surface area contributed by atoms with Crippen molar-refractivity contribution < 1.29 is 67.4 Å². The van der Waals surface area contributed by atoms with Gasteiger partial charge in [-0.3, -0.25) is 43.5 Å². The van der Waals surface area contributed by atoms with Crippen LogP contribution >= 0.6 is 0 Å². The highest BCUT2D eigenvalue weighted by molar-refractivity contribution is 5.72. The molecule has 6 heterocycles. The van der Waals surface area contributed by atoms with E-state index in [1.54, 1.807) is 0 Å². The molecule has 0 aromatic carbocycles. The predicted octanol–water partition coefficient (Wildman–Crippen LogP) is -1.41. The normalized spacial score (nSPS) is 25.3. The SMILES string of the molecule is CC1CN1CCC(=O)OCC(CO)(COC(=O)CCN1CC1C)COC(=O)CCN1CC1C.O=C(CCN1CC1)OCC(CO)(COC(=O)CCN1CC1)COC(=O)CCN1CC1. The predicted molar refractivity (Wildman–Crippen MR) is 225 cm³/mol. The van der Waals surface area contributed by atoms with Gasteiger partial charge < -0.3 is 53.3 Å². The summed E-state index contributed by atoms with van der Waals surface area (Å²) in [6, 6.07) is 1.49. The number of esters is 6. The largest absolute Gasteiger partial charge is 0.465 e. The van der Waals surface area contributed by atoms with Crippen LogP contribution in [0.25, 0.3) is 0 Å². The molecule has 2 N–H and O–H groups in total. The first-order valence-corrected chi connectivity index (χ1v) is 22.7. The second-order valence-electron chi connectivity index (χ2n) is 18.3. The maximum absolute atomic E-state index is 12.2. The lowest BCUT2D eigenvalue weighted by Gasteiger charge is -2.30. The van der Waals surface area contributed by atoms with Crippen molar-refractivity contribution in [2.24, 2.45) is 10.8 Å². The number of nitrogens with zero attached hydrogens (tertiary/aromatic N) is 6. The van der Waals surface area contributed by atoms with Crippen LogP contribution in [-0.4, -0.2) is 245 Å². The summed E-state index contributed by atoms with van der Waals surface area (Å²) in [4.78, 5) is 85.4. The van der Waals surface area contributed by atoms with Gasteiger partial charge in [0.1, 0.15) is 39.6 Å². The molecule has 0 aromatic rings. The maximum Gasteiger partial charge on any atom is 0.307 e. The summed E-state index contributed by atoms with van der Waals surface area (Å²) >= 11 is 0. The molecule has 6 aliphatic rings. The topological polar surface area (TPSA) is 216 Å². The van der Waals surface area contributed by atoms with Crippen LogP contribution < -0.4 is 0 Å². The van der Waals surface area contributed by atoms with Crippen molar-refractivity contribution in [1.29, 1.82) is 0 Å². The first-order valence-electron chi connectivity index (χ1n) is 22.7. The Morgan fingerprint density at radius 1 is 0.397 bits per heavy atom. The van der Waals surface area contributed by atoms with Gasteiger partial charge in [0.05, 0.1) is 62.6 Å². The highest BCUT2D eigenvalue weighted by atomic mass is 16.6. The summed E-state index contributed by atoms with van der Waals surface area (Å²) in [5, 5.41) is 20.1. The van der Waals surface area contributed by atoms with Crippen LogP contribution in [0.5, 0.6) is 0 Å². The minimum atomic E-state index is -1.19. The number of aliphatic hydroxyl groups excluding tert-OH is 2. The number of carbonyl (C=O) groups excluding carboxylic acids is 6. The first kappa shape index (κ1) is 50.5. The molecule has 6 fully saturated rings. The Morgan fingerprint density at radius 3 is 0.746 bits per heavy atom. The fraction of sp³-hybridized carbons (Fsp3) is 0.860. The molecular weight excluding hydrogens is 825 g/mol. The van der Waals surface area contributed by atoms with Gasteiger partial charge in [0.15, 0.2) is 0 Å². The number of ether oxygens (including phenoxy) is 6. The summed E-state index contributed by atoms with van der Waals surface area (Å²) < 4.78 is 32.2. The molecule has 0 radical (unpaired) electrons. The van der Waals surface area contributed by atoms with Crippen molar-refractivity contribution in [2.75, 3.05) is 151 Å². The Bertz CT molecular complexity index is 1360. The highest BCUT2D eigenvalue weighted by Gasteiger charge is 2.38. The van der Waals surface area contributed by atoms with Crippen LogP contribution in [0.4, 0.5) is 0 Å². The summed E-state index contributed by atoms with van der Waals surface area (Å²) in [5.41, 5.74) is -2.35. The van der Waals surface area contributed by atoms with Crippen molar-refractivity contribution >= 4 is 35.8 Å². The first-order chi connectivity index (χ1) is 30.2. The van der Waals surface area contributed by atoms with E-state index in [2.05, 4.69) is 50.2 Å². The second kappa shape index (κ2) is 24.7. The average molecular weight is 897 g/mol. The van der Waals surface area contributed by atoms with Gasteiger partial charge in [-0.25, -0.2) is 0 Å². The lowest BCUT2D eigenvalue weighted by molar-refractivity contribution is -0.168. The van der Waals surface area contributed by atoms with Crippen molar-refractivity contribution in [3.8, 4) is 0 Å². The molecule has 0 aromatic heterocycles. The van der Waals surface area contributed by atoms with E-state index < -0.39 is 42.0 Å². The van der Waals surface area contributed by atoms with E-state index in [1.807, 2.05) is 0 Å². The molecule has 358 valence electrons. The van der Waals surface area contributed by atoms with E-state index in [-0.39, 0.29) is 96.1 Å². The van der Waals surface area contributed by atoms with Crippen LogP contribution in [0.2, 0.25) is 0 Å². The monoisotopic (exact) mass is 897 g/mol. The van der Waals surface area contributed by atoms with E-state index in [0.717, 1.165) is 58.9 Å². The average Bonchev–Trinajstić information content (AvgIpc) is 4.06. The molecule has 0 amide bonds. The lowest BCUT2D eigenvalue weighted by Crippen LogP contribution is -2.43. The molecule has 0 saturated carbocycles. The van der Waals surface area contributed by atoms with E-state index in [4.69, 9.17) is 28.4 Å². The highest BCUT2D eigenvalue weighted by Crippen LogP contribution is 2.24. The Kier molecular flexibility index (Phi) is 19.8. The van der Waals surface area contributed by atoms with E-state index in [1.165, 1.54) is 0 Å². The van der Waals surface area contributed by atoms with Crippen LogP contribution in [0, 0.1) is 10.8 Å². The zero-order valence-corrected chi connectivity index (χ0v) is 37.7. The molecule has 63 heavy (non-hydrogen) atoms. The van der Waals surface area contributed by atoms with Gasteiger partial charge in [-0.05, 0) is 20.8 Å². The number of rotatable bonds is 32. The minimum absolute atomic E-state index is 0.179. The van der Waals surface area contributed by atoms with Crippen molar-refractivity contribution in [3.05, 3.63) is 0 Å². The van der Waals surface area contributed by atoms with Gasteiger partial charge in [0.25, 0.3) is 0 Å². The van der Waals surface area contributed by atoms with E-state index in [0.29, 0.717) is 57.4 Å². The Labute approximate surface area is 371 Å². The maximum atomic E-state index is 12.2. The minimum Gasteiger partial charge on any atom is -0.465 e. The summed E-state index contributed by atoms with van der Waals surface area (Å²) in [7, 11) is 0. The number of hydrogen-bond acceptors (Lipinski definition) is 20. The van der Waals surface area contributed by atoms with Crippen LogP contribution in [0.15, 0.2) is 0 Å². The Morgan fingerprint density at radius 2 is 0.587 bits per heavy atom. The van der Waals surface area contributed by atoms with Crippen LogP contribution in [0.3, 0.4) is 0 Å². The van der Waals surface area contributed by atoms with E-state index in [9.17, 15) is 39.0 Å². The molecule has 6 rings (SSSR count). The molecule has 20 nitrogen and oxygen atoms in total. The van der Waals surface area contributed by atoms with Crippen LogP contribution in [-0.2, 0) is 57.2 Å². The van der Waals surface area contributed by atoms with Crippen LogP contribution in [0.1, 0.15) is 59.3 Å². The molecule has 6 aliphatic heterocycles. The van der Waals surface area contributed by atoms with E-state index >= 15 is 0 Å². The number of aliphatic hydroxyl groups is 2. The zero-order valence-electron chi connectivity index (χ0n) is 37.7. The van der Waals surface area contributed by atoms with Gasteiger partial charge in [0, 0.05) is 116 Å². The number of carbonyl (C=O) groups is 6. The van der Waals surface area contributed by atoms with Gasteiger partial charge in [-0.2, -0.15) is 0 Å². The molecule has 0 aliphatic carbocycles. The smallest absolute Gasteiger partial charge is 0.307 e. The zero-order chi connectivity index (χ0) is 45.4. The summed E-state index contributed by atoms with van der Waals surface area (Å²) in [6.07, 6.45) is 1.50. The van der Waals surface area contributed by atoms with Crippen molar-refractivity contribution in [3.63, 3.8) is 0 Å². The van der Waals surface area contributed by atoms with Crippen molar-refractivity contribution in [1.82, 2.24) is 29.4 Å². The second-order valence-corrected chi connectivity index (χ2v) is 18.3. The van der Waals surface area contributed by atoms with Gasteiger partial charge in [0.2, 0.25) is 0 Å². The van der Waals surface area contributed by atoms with Gasteiger partial charge in [-0.1, -0.05) is 0 Å². The summed E-state index contributed by atoms with van der Waals surface area (Å²) in [5.74, 6) is -2.34. The fourth-order valence-corrected chi connectivity index (χ4v) is 6.51. The Balaban J connectivity index is 0.000000239. The molecular formula is C43H72N6O14. The molecule has 0 bridgehead atoms. The third-order valence-corrected chi connectivity index (χ3v) is 12.2. The standard InChI is InChI=1S/C23H39N3O7.C20H33N3O7/c1-17-10-24(17)7-4-20(28)31-14-23(13-27,15-32-21(29)5-8-25-11-18(25)2)16-33-22(30)6-9-26-12-19(26)3;24-13-20(14-28-17(25)1-4-21-7-8-21,15-29-18(26)2-5-22-9-10-22)16-30-19(27)3-6-23-11-12-23/h17-19,27H,4-16H2,1-3H3;24H,1-16H2. The molecule has 6 saturated heterocycles. The third kappa shape index (κ3) is 20.5. The summed E-state index contributed by atoms with van der Waals surface area (Å²) in [6.45, 7) is 17.0. The van der Waals surface area contributed by atoms with Gasteiger partial charge >= 0.3 is 35.8 Å². The van der Waals surface area contributed by atoms with Crippen molar-refractivity contribution in [2.45, 2.75) is 77.4 Å².